The van der Waals surface area contributed by atoms with E-state index in [0.717, 1.165) is 37.6 Å². The van der Waals surface area contributed by atoms with Crippen molar-refractivity contribution in [2.24, 2.45) is 0 Å². The van der Waals surface area contributed by atoms with Gasteiger partial charge in [0.2, 0.25) is 5.91 Å². The Kier molecular flexibility index (Phi) is 5.83. The summed E-state index contributed by atoms with van der Waals surface area (Å²) in [6, 6.07) is 7.51. The number of carbonyl (C=O) groups excluding carboxylic acids is 1. The average Bonchev–Trinajstić information content (AvgIpc) is 2.63. The third-order valence-corrected chi connectivity index (χ3v) is 4.57. The van der Waals surface area contributed by atoms with Gasteiger partial charge < -0.3 is 10.2 Å². The predicted molar refractivity (Wildman–Crippen MR) is 98.7 cm³/mol. The van der Waals surface area contributed by atoms with Crippen LogP contribution in [0.1, 0.15) is 18.5 Å². The Balaban J connectivity index is 1.46. The number of rotatable bonds is 5. The number of halogens is 1. The lowest BCUT2D eigenvalue weighted by Crippen LogP contribution is -2.50. The largest absolute Gasteiger partial charge is 0.353 e. The topological polar surface area (TPSA) is 61.4 Å². The van der Waals surface area contributed by atoms with E-state index in [-0.39, 0.29) is 11.9 Å². The van der Waals surface area contributed by atoms with Crippen molar-refractivity contribution in [3.8, 4) is 0 Å². The van der Waals surface area contributed by atoms with E-state index in [1.54, 1.807) is 18.6 Å². The molecule has 1 aliphatic rings. The molecule has 1 atom stereocenters. The summed E-state index contributed by atoms with van der Waals surface area (Å²) in [6.07, 6.45) is 5.15. The molecular weight excluding hydrogens is 338 g/mol. The zero-order valence-corrected chi connectivity index (χ0v) is 15.0. The van der Waals surface area contributed by atoms with Crippen LogP contribution < -0.4 is 10.2 Å². The number of nitrogens with zero attached hydrogens (tertiary/aromatic N) is 4. The Morgan fingerprint density at radius 3 is 2.76 bits per heavy atom. The number of carbonyl (C=O) groups is 1. The monoisotopic (exact) mass is 359 g/mol. The summed E-state index contributed by atoms with van der Waals surface area (Å²) < 4.78 is 0. The first-order chi connectivity index (χ1) is 12.1. The van der Waals surface area contributed by atoms with Gasteiger partial charge in [0.1, 0.15) is 5.82 Å². The summed E-state index contributed by atoms with van der Waals surface area (Å²) in [6.45, 7) is 5.71. The maximum Gasteiger partial charge on any atom is 0.234 e. The number of benzene rings is 1. The standard InChI is InChI=1S/C18H22ClN5O/c1-14(15-3-2-4-16(19)11-15)22-18(25)13-23-7-9-24(10-8-23)17-12-20-5-6-21-17/h2-6,11-12,14H,7-10,13H2,1H3,(H,22,25). The van der Waals surface area contributed by atoms with Gasteiger partial charge in [-0.25, -0.2) is 4.98 Å². The molecule has 0 spiro atoms. The van der Waals surface area contributed by atoms with Gasteiger partial charge in [0.05, 0.1) is 18.8 Å². The summed E-state index contributed by atoms with van der Waals surface area (Å²) in [5.74, 6) is 0.918. The molecule has 2 heterocycles. The number of anilines is 1. The minimum atomic E-state index is -0.0629. The fourth-order valence-corrected chi connectivity index (χ4v) is 3.14. The van der Waals surface area contributed by atoms with Gasteiger partial charge in [0.25, 0.3) is 0 Å². The molecule has 3 rings (SSSR count). The smallest absolute Gasteiger partial charge is 0.234 e. The molecule has 1 N–H and O–H groups in total. The van der Waals surface area contributed by atoms with Crippen molar-refractivity contribution in [2.75, 3.05) is 37.6 Å². The SMILES string of the molecule is CC(NC(=O)CN1CCN(c2cnccn2)CC1)c1cccc(Cl)c1. The highest BCUT2D eigenvalue weighted by atomic mass is 35.5. The van der Waals surface area contributed by atoms with Gasteiger partial charge in [-0.2, -0.15) is 0 Å². The van der Waals surface area contributed by atoms with Gasteiger partial charge in [-0.15, -0.1) is 0 Å². The number of hydrogen-bond acceptors (Lipinski definition) is 5. The number of hydrogen-bond donors (Lipinski definition) is 1. The van der Waals surface area contributed by atoms with Gasteiger partial charge in [-0.1, -0.05) is 23.7 Å². The van der Waals surface area contributed by atoms with Crippen molar-refractivity contribution < 1.29 is 4.79 Å². The van der Waals surface area contributed by atoms with Gasteiger partial charge in [-0.3, -0.25) is 14.7 Å². The van der Waals surface area contributed by atoms with Gasteiger partial charge >= 0.3 is 0 Å². The molecule has 1 saturated heterocycles. The van der Waals surface area contributed by atoms with E-state index < -0.39 is 0 Å². The lowest BCUT2D eigenvalue weighted by Gasteiger charge is -2.34. The molecule has 7 heteroatoms. The van der Waals surface area contributed by atoms with E-state index >= 15 is 0 Å². The summed E-state index contributed by atoms with van der Waals surface area (Å²) in [4.78, 5) is 25.1. The number of amides is 1. The van der Waals surface area contributed by atoms with Crippen LogP contribution in [0, 0.1) is 0 Å². The van der Waals surface area contributed by atoms with E-state index in [2.05, 4.69) is 25.1 Å². The Morgan fingerprint density at radius 2 is 2.08 bits per heavy atom. The van der Waals surface area contributed by atoms with Crippen molar-refractivity contribution >= 4 is 23.3 Å². The van der Waals surface area contributed by atoms with Crippen molar-refractivity contribution in [3.05, 3.63) is 53.4 Å². The summed E-state index contributed by atoms with van der Waals surface area (Å²) in [5, 5.41) is 3.72. The number of piperazine rings is 1. The van der Waals surface area contributed by atoms with E-state index in [1.165, 1.54) is 0 Å². The van der Waals surface area contributed by atoms with Crippen LogP contribution in [-0.4, -0.2) is 53.5 Å². The first kappa shape index (κ1) is 17.6. The lowest BCUT2D eigenvalue weighted by molar-refractivity contribution is -0.123. The van der Waals surface area contributed by atoms with E-state index in [4.69, 9.17) is 11.6 Å². The van der Waals surface area contributed by atoms with Crippen LogP contribution in [0.25, 0.3) is 0 Å². The van der Waals surface area contributed by atoms with Crippen LogP contribution in [0.4, 0.5) is 5.82 Å². The molecule has 1 aromatic heterocycles. The van der Waals surface area contributed by atoms with Crippen LogP contribution >= 0.6 is 11.6 Å². The zero-order chi connectivity index (χ0) is 17.6. The molecule has 0 bridgehead atoms. The van der Waals surface area contributed by atoms with Crippen LogP contribution in [0.3, 0.4) is 0 Å². The molecule has 132 valence electrons. The number of nitrogens with one attached hydrogen (secondary N) is 1. The zero-order valence-electron chi connectivity index (χ0n) is 14.2. The Hall–Kier alpha value is -2.18. The van der Waals surface area contributed by atoms with Gasteiger partial charge in [-0.05, 0) is 24.6 Å². The molecule has 1 unspecified atom stereocenters. The second-order valence-electron chi connectivity index (χ2n) is 6.17. The molecule has 0 aliphatic carbocycles. The molecule has 6 nitrogen and oxygen atoms in total. The van der Waals surface area contributed by atoms with Crippen LogP contribution in [0.5, 0.6) is 0 Å². The highest BCUT2D eigenvalue weighted by molar-refractivity contribution is 6.30. The molecule has 1 aliphatic heterocycles. The van der Waals surface area contributed by atoms with Crippen LogP contribution in [0.2, 0.25) is 5.02 Å². The maximum atomic E-state index is 12.3. The predicted octanol–water partition coefficient (Wildman–Crippen LogP) is 2.13. The quantitative estimate of drug-likeness (QED) is 0.886. The van der Waals surface area contributed by atoms with E-state index in [0.29, 0.717) is 11.6 Å². The third-order valence-electron chi connectivity index (χ3n) is 4.34. The summed E-state index contributed by atoms with van der Waals surface area (Å²) in [7, 11) is 0. The van der Waals surface area contributed by atoms with Crippen molar-refractivity contribution in [3.63, 3.8) is 0 Å². The minimum absolute atomic E-state index is 0.0282. The number of aromatic nitrogens is 2. The molecule has 0 saturated carbocycles. The van der Waals surface area contributed by atoms with Gasteiger partial charge in [0.15, 0.2) is 0 Å². The first-order valence-corrected chi connectivity index (χ1v) is 8.78. The average molecular weight is 360 g/mol. The second kappa shape index (κ2) is 8.27. The van der Waals surface area contributed by atoms with Crippen LogP contribution in [-0.2, 0) is 4.79 Å². The summed E-state index contributed by atoms with van der Waals surface area (Å²) >= 11 is 6.01. The van der Waals surface area contributed by atoms with Crippen LogP contribution in [0.15, 0.2) is 42.9 Å². The Morgan fingerprint density at radius 1 is 1.28 bits per heavy atom. The molecule has 2 aromatic rings. The van der Waals surface area contributed by atoms with Crippen molar-refractivity contribution in [1.82, 2.24) is 20.2 Å². The molecule has 0 radical (unpaired) electrons. The highest BCUT2D eigenvalue weighted by Gasteiger charge is 2.20. The Bertz CT molecular complexity index is 704. The molecular formula is C18H22ClN5O. The fraction of sp³-hybridized carbons (Fsp3) is 0.389. The molecule has 1 amide bonds. The Labute approximate surface area is 152 Å². The van der Waals surface area contributed by atoms with E-state index in [1.807, 2.05) is 31.2 Å². The normalized spacial score (nSPS) is 16.5. The van der Waals surface area contributed by atoms with Crippen molar-refractivity contribution in [2.45, 2.75) is 13.0 Å². The minimum Gasteiger partial charge on any atom is -0.353 e. The molecule has 1 aromatic carbocycles. The fourth-order valence-electron chi connectivity index (χ4n) is 2.94. The van der Waals surface area contributed by atoms with Crippen molar-refractivity contribution in [1.29, 1.82) is 0 Å². The lowest BCUT2D eigenvalue weighted by atomic mass is 10.1. The summed E-state index contributed by atoms with van der Waals surface area (Å²) in [5.41, 5.74) is 1.01. The highest BCUT2D eigenvalue weighted by Crippen LogP contribution is 2.17. The third kappa shape index (κ3) is 4.90. The maximum absolute atomic E-state index is 12.3. The molecule has 25 heavy (non-hydrogen) atoms. The second-order valence-corrected chi connectivity index (χ2v) is 6.61. The van der Waals surface area contributed by atoms with E-state index in [9.17, 15) is 4.79 Å². The molecule has 1 fully saturated rings. The first-order valence-electron chi connectivity index (χ1n) is 8.40. The van der Waals surface area contributed by atoms with Gasteiger partial charge in [0, 0.05) is 43.6 Å².